The van der Waals surface area contributed by atoms with Gasteiger partial charge in [0.25, 0.3) is 0 Å². The van der Waals surface area contributed by atoms with Crippen molar-refractivity contribution in [2.45, 2.75) is 33.8 Å². The maximum absolute atomic E-state index is 9.69. The Hall–Kier alpha value is -1.81. The number of rotatable bonds is 6. The second kappa shape index (κ2) is 6.57. The van der Waals surface area contributed by atoms with Crippen molar-refractivity contribution in [3.63, 3.8) is 0 Å². The van der Waals surface area contributed by atoms with E-state index in [0.717, 1.165) is 42.3 Å². The molecule has 4 nitrogen and oxygen atoms in total. The number of hydrogen-bond donors (Lipinski definition) is 1. The van der Waals surface area contributed by atoms with Crippen LogP contribution in [0.1, 0.15) is 31.5 Å². The van der Waals surface area contributed by atoms with Gasteiger partial charge >= 0.3 is 0 Å². The molecule has 4 heteroatoms. The van der Waals surface area contributed by atoms with E-state index in [0.29, 0.717) is 0 Å². The maximum atomic E-state index is 9.69. The highest BCUT2D eigenvalue weighted by Gasteiger charge is 2.19. The molecule has 0 aliphatic rings. The average molecular weight is 273 g/mol. The first-order chi connectivity index (χ1) is 9.72. The number of aryl methyl sites for hydroxylation is 1. The zero-order valence-electron chi connectivity index (χ0n) is 12.5. The van der Waals surface area contributed by atoms with Crippen LogP contribution < -0.4 is 4.90 Å². The molecule has 0 bridgehead atoms. The van der Waals surface area contributed by atoms with Crippen molar-refractivity contribution in [1.29, 1.82) is 0 Å². The van der Waals surface area contributed by atoms with Gasteiger partial charge in [-0.25, -0.2) is 4.68 Å². The van der Waals surface area contributed by atoms with Crippen LogP contribution in [0.5, 0.6) is 0 Å². The van der Waals surface area contributed by atoms with E-state index in [9.17, 15) is 5.11 Å². The SMILES string of the molecule is CCCN(CC)c1c(CO)c(C)nn1-c1ccccc1. The summed E-state index contributed by atoms with van der Waals surface area (Å²) < 4.78 is 1.94. The first kappa shape index (κ1) is 14.6. The summed E-state index contributed by atoms with van der Waals surface area (Å²) in [5.74, 6) is 1.01. The molecule has 0 radical (unpaired) electrons. The van der Waals surface area contributed by atoms with E-state index in [4.69, 9.17) is 0 Å². The van der Waals surface area contributed by atoms with Gasteiger partial charge in [-0.05, 0) is 32.4 Å². The van der Waals surface area contributed by atoms with E-state index in [1.54, 1.807) is 0 Å². The minimum atomic E-state index is 0.0220. The van der Waals surface area contributed by atoms with Crippen molar-refractivity contribution < 1.29 is 5.11 Å². The second-order valence-electron chi connectivity index (χ2n) is 4.87. The molecule has 2 rings (SSSR count). The molecule has 0 aliphatic heterocycles. The van der Waals surface area contributed by atoms with Crippen LogP contribution in [0.25, 0.3) is 5.69 Å². The summed E-state index contributed by atoms with van der Waals surface area (Å²) in [6, 6.07) is 10.1. The quantitative estimate of drug-likeness (QED) is 0.880. The number of nitrogens with zero attached hydrogens (tertiary/aromatic N) is 3. The number of para-hydroxylation sites is 1. The molecule has 0 atom stereocenters. The fourth-order valence-corrected chi connectivity index (χ4v) is 2.49. The highest BCUT2D eigenvalue weighted by molar-refractivity contribution is 5.55. The highest BCUT2D eigenvalue weighted by atomic mass is 16.3. The number of aromatic nitrogens is 2. The zero-order valence-corrected chi connectivity index (χ0v) is 12.5. The number of aliphatic hydroxyl groups excluding tert-OH is 1. The van der Waals surface area contributed by atoms with E-state index < -0.39 is 0 Å². The average Bonchev–Trinajstić information content (AvgIpc) is 2.82. The van der Waals surface area contributed by atoms with E-state index in [1.807, 2.05) is 41.9 Å². The van der Waals surface area contributed by atoms with Crippen LogP contribution in [0.4, 0.5) is 5.82 Å². The van der Waals surface area contributed by atoms with Crippen molar-refractivity contribution in [2.24, 2.45) is 0 Å². The summed E-state index contributed by atoms with van der Waals surface area (Å²) in [7, 11) is 0. The molecule has 0 spiro atoms. The molecule has 0 saturated carbocycles. The van der Waals surface area contributed by atoms with Crippen molar-refractivity contribution in [3.05, 3.63) is 41.6 Å². The molecule has 0 fully saturated rings. The van der Waals surface area contributed by atoms with Gasteiger partial charge in [0.05, 0.1) is 18.0 Å². The van der Waals surface area contributed by atoms with Crippen LogP contribution in [0.2, 0.25) is 0 Å². The van der Waals surface area contributed by atoms with Gasteiger partial charge in [-0.3, -0.25) is 0 Å². The Balaban J connectivity index is 2.57. The Morgan fingerprint density at radius 3 is 2.45 bits per heavy atom. The van der Waals surface area contributed by atoms with Crippen molar-refractivity contribution in [1.82, 2.24) is 9.78 Å². The van der Waals surface area contributed by atoms with Crippen LogP contribution in [0.3, 0.4) is 0 Å². The Morgan fingerprint density at radius 1 is 1.20 bits per heavy atom. The first-order valence-corrected chi connectivity index (χ1v) is 7.22. The Morgan fingerprint density at radius 2 is 1.90 bits per heavy atom. The second-order valence-corrected chi connectivity index (χ2v) is 4.87. The summed E-state index contributed by atoms with van der Waals surface area (Å²) in [4.78, 5) is 2.28. The third kappa shape index (κ3) is 2.70. The van der Waals surface area contributed by atoms with E-state index in [1.165, 1.54) is 0 Å². The molecule has 1 aromatic heterocycles. The summed E-state index contributed by atoms with van der Waals surface area (Å²) in [6.07, 6.45) is 1.07. The highest BCUT2D eigenvalue weighted by Crippen LogP contribution is 2.27. The number of anilines is 1. The number of benzene rings is 1. The van der Waals surface area contributed by atoms with Gasteiger partial charge in [-0.15, -0.1) is 0 Å². The molecule has 108 valence electrons. The molecule has 0 aliphatic carbocycles. The largest absolute Gasteiger partial charge is 0.391 e. The summed E-state index contributed by atoms with van der Waals surface area (Å²) in [5.41, 5.74) is 2.84. The van der Waals surface area contributed by atoms with Crippen molar-refractivity contribution in [3.8, 4) is 5.69 Å². The van der Waals surface area contributed by atoms with E-state index in [2.05, 4.69) is 23.8 Å². The van der Waals surface area contributed by atoms with Gasteiger partial charge in [0, 0.05) is 18.7 Å². The summed E-state index contributed by atoms with van der Waals surface area (Å²) >= 11 is 0. The lowest BCUT2D eigenvalue weighted by Gasteiger charge is -2.24. The van der Waals surface area contributed by atoms with Crippen molar-refractivity contribution in [2.75, 3.05) is 18.0 Å². The molecule has 0 unspecified atom stereocenters. The third-order valence-corrected chi connectivity index (χ3v) is 3.49. The number of hydrogen-bond acceptors (Lipinski definition) is 3. The molecule has 2 aromatic rings. The Labute approximate surface area is 120 Å². The fourth-order valence-electron chi connectivity index (χ4n) is 2.49. The maximum Gasteiger partial charge on any atom is 0.138 e. The Kier molecular flexibility index (Phi) is 4.79. The lowest BCUT2D eigenvalue weighted by Crippen LogP contribution is -2.27. The van der Waals surface area contributed by atoms with Gasteiger partial charge < -0.3 is 10.0 Å². The normalized spacial score (nSPS) is 10.8. The predicted octanol–water partition coefficient (Wildman–Crippen LogP) is 2.91. The lowest BCUT2D eigenvalue weighted by molar-refractivity contribution is 0.281. The standard InChI is InChI=1S/C16H23N3O/c1-4-11-18(5-2)16-15(12-20)13(3)17-19(16)14-9-7-6-8-10-14/h6-10,20H,4-5,11-12H2,1-3H3. The van der Waals surface area contributed by atoms with Gasteiger partial charge in [0.1, 0.15) is 5.82 Å². The van der Waals surface area contributed by atoms with E-state index in [-0.39, 0.29) is 6.61 Å². The molecule has 0 amide bonds. The van der Waals surface area contributed by atoms with Gasteiger partial charge in [0.2, 0.25) is 0 Å². The van der Waals surface area contributed by atoms with Gasteiger partial charge in [-0.1, -0.05) is 25.1 Å². The zero-order chi connectivity index (χ0) is 14.5. The first-order valence-electron chi connectivity index (χ1n) is 7.22. The lowest BCUT2D eigenvalue weighted by atomic mass is 10.2. The fraction of sp³-hybridized carbons (Fsp3) is 0.438. The summed E-state index contributed by atoms with van der Waals surface area (Å²) in [6.45, 7) is 8.13. The van der Waals surface area contributed by atoms with Gasteiger partial charge in [-0.2, -0.15) is 5.10 Å². The molecule has 20 heavy (non-hydrogen) atoms. The minimum absolute atomic E-state index is 0.0220. The van der Waals surface area contributed by atoms with Crippen LogP contribution >= 0.6 is 0 Å². The number of aliphatic hydroxyl groups is 1. The monoisotopic (exact) mass is 273 g/mol. The molecule has 0 saturated heterocycles. The third-order valence-electron chi connectivity index (χ3n) is 3.49. The van der Waals surface area contributed by atoms with Crippen LogP contribution in [0, 0.1) is 6.92 Å². The van der Waals surface area contributed by atoms with Crippen LogP contribution in [-0.2, 0) is 6.61 Å². The van der Waals surface area contributed by atoms with E-state index >= 15 is 0 Å². The Bertz CT molecular complexity index is 548. The molecular formula is C16H23N3O. The molecular weight excluding hydrogens is 250 g/mol. The van der Waals surface area contributed by atoms with Crippen LogP contribution in [0.15, 0.2) is 30.3 Å². The molecule has 1 aromatic carbocycles. The van der Waals surface area contributed by atoms with Gasteiger partial charge in [0.15, 0.2) is 0 Å². The smallest absolute Gasteiger partial charge is 0.138 e. The minimum Gasteiger partial charge on any atom is -0.391 e. The topological polar surface area (TPSA) is 41.3 Å². The summed E-state index contributed by atoms with van der Waals surface area (Å²) in [5, 5.41) is 14.3. The molecule has 1 heterocycles. The van der Waals surface area contributed by atoms with Crippen molar-refractivity contribution >= 4 is 5.82 Å². The predicted molar refractivity (Wildman–Crippen MR) is 82.4 cm³/mol. The molecule has 1 N–H and O–H groups in total. The van der Waals surface area contributed by atoms with Crippen LogP contribution in [-0.4, -0.2) is 28.0 Å².